The molecule has 2 aliphatic rings. The van der Waals surface area contributed by atoms with Gasteiger partial charge in [0.25, 0.3) is 0 Å². The molecule has 17 heavy (non-hydrogen) atoms. The average molecular weight is 237 g/mol. The number of carbonyl (C=O) groups is 2. The van der Waals surface area contributed by atoms with Crippen molar-refractivity contribution < 1.29 is 14.3 Å². The van der Waals surface area contributed by atoms with Crippen LogP contribution in [0.5, 0.6) is 0 Å². The standard InChI is InChI=1S/C11H15N3O3/c12-10(15)7-1-2-8-6-14(11(13)16)3-4-17-9(8)5-7/h2,5,7H,1,3-4,6H2,(H2,12,15)(H2,13,16). The predicted molar refractivity (Wildman–Crippen MR) is 60.6 cm³/mol. The number of fused-ring (bicyclic) bond motifs is 1. The molecule has 0 aromatic heterocycles. The lowest BCUT2D eigenvalue weighted by Gasteiger charge is -2.20. The van der Waals surface area contributed by atoms with E-state index >= 15 is 0 Å². The third-order valence-corrected chi connectivity index (χ3v) is 2.94. The number of ether oxygens (including phenoxy) is 1. The van der Waals surface area contributed by atoms with E-state index in [-0.39, 0.29) is 11.8 Å². The van der Waals surface area contributed by atoms with Crippen LogP contribution in [0.3, 0.4) is 0 Å². The first-order valence-electron chi connectivity index (χ1n) is 5.45. The second-order valence-corrected chi connectivity index (χ2v) is 4.11. The molecule has 2 rings (SSSR count). The lowest BCUT2D eigenvalue weighted by Crippen LogP contribution is -2.38. The van der Waals surface area contributed by atoms with Crippen molar-refractivity contribution in [3.8, 4) is 0 Å². The van der Waals surface area contributed by atoms with Gasteiger partial charge in [0.15, 0.2) is 0 Å². The third kappa shape index (κ3) is 2.41. The molecule has 1 aliphatic carbocycles. The summed E-state index contributed by atoms with van der Waals surface area (Å²) in [5, 5.41) is 0. The van der Waals surface area contributed by atoms with Crippen molar-refractivity contribution in [3.05, 3.63) is 23.5 Å². The largest absolute Gasteiger partial charge is 0.492 e. The Labute approximate surface area is 98.9 Å². The van der Waals surface area contributed by atoms with Crippen LogP contribution in [0, 0.1) is 5.92 Å². The van der Waals surface area contributed by atoms with Crippen molar-refractivity contribution in [1.29, 1.82) is 0 Å². The molecule has 0 spiro atoms. The van der Waals surface area contributed by atoms with Gasteiger partial charge in [0.2, 0.25) is 5.91 Å². The van der Waals surface area contributed by atoms with E-state index in [4.69, 9.17) is 16.2 Å². The second-order valence-electron chi connectivity index (χ2n) is 4.11. The Bertz CT molecular complexity index is 414. The molecule has 1 aliphatic heterocycles. The van der Waals surface area contributed by atoms with Gasteiger partial charge in [0, 0.05) is 5.57 Å². The summed E-state index contributed by atoms with van der Waals surface area (Å²) in [7, 11) is 0. The van der Waals surface area contributed by atoms with Crippen LogP contribution in [-0.4, -0.2) is 36.5 Å². The smallest absolute Gasteiger partial charge is 0.315 e. The molecule has 0 radical (unpaired) electrons. The zero-order valence-electron chi connectivity index (χ0n) is 9.39. The van der Waals surface area contributed by atoms with E-state index in [0.717, 1.165) is 5.57 Å². The van der Waals surface area contributed by atoms with Gasteiger partial charge in [-0.1, -0.05) is 6.08 Å². The SMILES string of the molecule is NC(=O)C1C=C2OCCN(C(N)=O)CC2=CC1. The lowest BCUT2D eigenvalue weighted by molar-refractivity contribution is -0.120. The minimum Gasteiger partial charge on any atom is -0.492 e. The summed E-state index contributed by atoms with van der Waals surface area (Å²) in [4.78, 5) is 23.7. The summed E-state index contributed by atoms with van der Waals surface area (Å²) in [6.07, 6.45) is 4.15. The average Bonchev–Trinajstić information content (AvgIpc) is 2.49. The summed E-state index contributed by atoms with van der Waals surface area (Å²) in [5.74, 6) is -0.0508. The van der Waals surface area contributed by atoms with Gasteiger partial charge in [0.1, 0.15) is 12.4 Å². The van der Waals surface area contributed by atoms with Gasteiger partial charge in [0.05, 0.1) is 19.0 Å². The van der Waals surface area contributed by atoms with Crippen LogP contribution in [0.15, 0.2) is 23.5 Å². The van der Waals surface area contributed by atoms with E-state index in [2.05, 4.69) is 0 Å². The zero-order valence-corrected chi connectivity index (χ0v) is 9.39. The van der Waals surface area contributed by atoms with Gasteiger partial charge in [-0.2, -0.15) is 0 Å². The fourth-order valence-electron chi connectivity index (χ4n) is 1.95. The molecule has 1 unspecified atom stereocenters. The molecule has 1 saturated heterocycles. The van der Waals surface area contributed by atoms with Crippen LogP contribution in [0.25, 0.3) is 0 Å². The summed E-state index contributed by atoms with van der Waals surface area (Å²) in [6, 6.07) is -0.465. The molecule has 92 valence electrons. The lowest BCUT2D eigenvalue weighted by atomic mass is 9.94. The zero-order chi connectivity index (χ0) is 12.4. The Hall–Kier alpha value is -1.98. The molecule has 6 heteroatoms. The highest BCUT2D eigenvalue weighted by Gasteiger charge is 2.25. The Morgan fingerprint density at radius 1 is 1.41 bits per heavy atom. The maximum absolute atomic E-state index is 11.1. The van der Waals surface area contributed by atoms with Crippen molar-refractivity contribution in [3.63, 3.8) is 0 Å². The number of amides is 3. The van der Waals surface area contributed by atoms with Crippen LogP contribution in [0.1, 0.15) is 6.42 Å². The molecule has 0 bridgehead atoms. The molecule has 4 N–H and O–H groups in total. The fourth-order valence-corrected chi connectivity index (χ4v) is 1.95. The van der Waals surface area contributed by atoms with Crippen LogP contribution in [-0.2, 0) is 9.53 Å². The van der Waals surface area contributed by atoms with Gasteiger partial charge in [-0.3, -0.25) is 4.79 Å². The van der Waals surface area contributed by atoms with Crippen LogP contribution < -0.4 is 11.5 Å². The molecule has 0 aromatic rings. The topological polar surface area (TPSA) is 98.7 Å². The monoisotopic (exact) mass is 237 g/mol. The number of primary amides is 2. The minimum absolute atomic E-state index is 0.325. The third-order valence-electron chi connectivity index (χ3n) is 2.94. The molecule has 1 fully saturated rings. The Morgan fingerprint density at radius 2 is 2.18 bits per heavy atom. The quantitative estimate of drug-likeness (QED) is 0.655. The molecule has 0 aromatic carbocycles. The van der Waals surface area contributed by atoms with Crippen molar-refractivity contribution in [2.75, 3.05) is 19.7 Å². The summed E-state index contributed by atoms with van der Waals surface area (Å²) in [6.45, 7) is 1.25. The fraction of sp³-hybridized carbons (Fsp3) is 0.455. The molecular formula is C11H15N3O3. The number of rotatable bonds is 1. The molecular weight excluding hydrogens is 222 g/mol. The first-order valence-corrected chi connectivity index (χ1v) is 5.45. The van der Waals surface area contributed by atoms with Crippen molar-refractivity contribution >= 4 is 11.9 Å². The highest BCUT2D eigenvalue weighted by atomic mass is 16.5. The number of urea groups is 1. The summed E-state index contributed by atoms with van der Waals surface area (Å²) in [5.41, 5.74) is 11.4. The van der Waals surface area contributed by atoms with Crippen molar-refractivity contribution in [2.45, 2.75) is 6.42 Å². The van der Waals surface area contributed by atoms with Crippen molar-refractivity contribution in [1.82, 2.24) is 4.90 Å². The van der Waals surface area contributed by atoms with E-state index in [9.17, 15) is 9.59 Å². The van der Waals surface area contributed by atoms with Gasteiger partial charge >= 0.3 is 6.03 Å². The Kier molecular flexibility index (Phi) is 3.03. The molecule has 1 heterocycles. The number of allylic oxidation sites excluding steroid dienone is 1. The number of hydrogen-bond acceptors (Lipinski definition) is 3. The molecule has 1 atom stereocenters. The summed E-state index contributed by atoms with van der Waals surface area (Å²) < 4.78 is 5.50. The summed E-state index contributed by atoms with van der Waals surface area (Å²) >= 11 is 0. The number of carbonyl (C=O) groups excluding carboxylic acids is 2. The van der Waals surface area contributed by atoms with Gasteiger partial charge in [-0.25, -0.2) is 4.79 Å². The molecule has 3 amide bonds. The first-order chi connectivity index (χ1) is 8.08. The minimum atomic E-state index is -0.465. The number of nitrogens with zero attached hydrogens (tertiary/aromatic N) is 1. The predicted octanol–water partition coefficient (Wildman–Crippen LogP) is -0.287. The highest BCUT2D eigenvalue weighted by Crippen LogP contribution is 2.26. The van der Waals surface area contributed by atoms with E-state index in [1.165, 1.54) is 4.90 Å². The van der Waals surface area contributed by atoms with Crippen molar-refractivity contribution in [2.24, 2.45) is 17.4 Å². The second kappa shape index (κ2) is 4.48. The maximum Gasteiger partial charge on any atom is 0.315 e. The number of hydrogen-bond donors (Lipinski definition) is 2. The molecule has 6 nitrogen and oxygen atoms in total. The highest BCUT2D eigenvalue weighted by molar-refractivity contribution is 5.79. The number of nitrogens with two attached hydrogens (primary N) is 2. The van der Waals surface area contributed by atoms with E-state index in [0.29, 0.717) is 31.9 Å². The van der Waals surface area contributed by atoms with E-state index in [1.54, 1.807) is 6.08 Å². The van der Waals surface area contributed by atoms with E-state index in [1.807, 2.05) is 6.08 Å². The van der Waals surface area contributed by atoms with Gasteiger partial charge < -0.3 is 21.1 Å². The van der Waals surface area contributed by atoms with Crippen LogP contribution >= 0.6 is 0 Å². The van der Waals surface area contributed by atoms with Gasteiger partial charge in [-0.05, 0) is 12.5 Å². The Balaban J connectivity index is 2.17. The van der Waals surface area contributed by atoms with E-state index < -0.39 is 6.03 Å². The molecule has 0 saturated carbocycles. The van der Waals surface area contributed by atoms with Crippen LogP contribution in [0.2, 0.25) is 0 Å². The Morgan fingerprint density at radius 3 is 2.82 bits per heavy atom. The van der Waals surface area contributed by atoms with Crippen LogP contribution in [0.4, 0.5) is 4.79 Å². The van der Waals surface area contributed by atoms with Gasteiger partial charge in [-0.15, -0.1) is 0 Å². The normalized spacial score (nSPS) is 23.8. The first kappa shape index (κ1) is 11.5. The maximum atomic E-state index is 11.1.